The molecule has 0 aliphatic heterocycles. The fourth-order valence-electron chi connectivity index (χ4n) is 7.99. The van der Waals surface area contributed by atoms with Gasteiger partial charge in [-0.05, 0) is 72.2 Å². The fourth-order valence-corrected chi connectivity index (χ4v) is 7.99. The van der Waals surface area contributed by atoms with Crippen molar-refractivity contribution < 1.29 is 18.9 Å². The van der Waals surface area contributed by atoms with Crippen molar-refractivity contribution in [3.8, 4) is 23.0 Å². The van der Waals surface area contributed by atoms with E-state index in [0.29, 0.717) is 71.0 Å². The number of hydrogen-bond acceptors (Lipinski definition) is 12. The Hall–Kier alpha value is -8.40. The highest BCUT2D eigenvalue weighted by Gasteiger charge is 2.16. The standard InChI is InChI=1S/C56H56N8O8/c1-29(2)25-69-45-21-41-53(65)62-38-18-10-14-34-47(71-27-31(5)6)23-43(59-50(34)38)55(67)64-40-20-12-16-36-48(72-28-32(7)8)24-44(60-52(36)40)56(68)63-39-19-11-15-35-46(70-26-30(3)4)22-42(58-51(35)39)54(66)61-37-17-9-13-33(45)49(37)57-41/h9-24,29-32H,25-28H2,1-8H3,(H,61,66)(H,62,65)(H,63,68)(H,64,67). The summed E-state index contributed by atoms with van der Waals surface area (Å²) in [4.78, 5) is 89.6. The number of ether oxygens (including phenoxy) is 4. The Bertz CT molecular complexity index is 3510. The second kappa shape index (κ2) is 20.5. The molecule has 0 amide bonds. The maximum absolute atomic E-state index is 14.6. The van der Waals surface area contributed by atoms with Crippen LogP contribution in [0.25, 0.3) is 87.7 Å². The number of para-hydroxylation sites is 4. The lowest BCUT2D eigenvalue weighted by Crippen LogP contribution is -2.11. The number of nitrogens with one attached hydrogen (secondary N) is 4. The van der Waals surface area contributed by atoms with Crippen LogP contribution in [-0.4, -0.2) is 66.3 Å². The lowest BCUT2D eigenvalue weighted by Gasteiger charge is -2.12. The molecule has 0 saturated heterocycles. The number of hydrogen-bond donors (Lipinski definition) is 4. The summed E-state index contributed by atoms with van der Waals surface area (Å²) in [5.41, 5.74) is -0.323. The monoisotopic (exact) mass is 968 g/mol. The quantitative estimate of drug-likeness (QED) is 0.0899. The molecule has 4 N–H and O–H groups in total. The minimum Gasteiger partial charge on any atom is -0.493 e. The minimum atomic E-state index is -0.610. The molecule has 0 saturated carbocycles. The van der Waals surface area contributed by atoms with Gasteiger partial charge in [0.25, 0.3) is 22.2 Å². The van der Waals surface area contributed by atoms with Gasteiger partial charge in [-0.15, -0.1) is 0 Å². The fraction of sp³-hybridized carbons (Fsp3) is 0.286. The average Bonchev–Trinajstić information content (AvgIpc) is 3.35. The normalized spacial score (nSPS) is 11.7. The maximum atomic E-state index is 14.6. The van der Waals surface area contributed by atoms with Crippen molar-refractivity contribution in [3.63, 3.8) is 0 Å². The zero-order valence-electron chi connectivity index (χ0n) is 41.4. The maximum Gasteiger partial charge on any atom is 0.274 e. The van der Waals surface area contributed by atoms with Crippen LogP contribution in [0.15, 0.2) is 116 Å². The first-order valence-electron chi connectivity index (χ1n) is 24.1. The highest BCUT2D eigenvalue weighted by atomic mass is 16.5. The van der Waals surface area contributed by atoms with Crippen LogP contribution in [0.1, 0.15) is 55.4 Å². The Morgan fingerprint density at radius 2 is 0.556 bits per heavy atom. The van der Waals surface area contributed by atoms with Gasteiger partial charge in [0.1, 0.15) is 45.1 Å². The van der Waals surface area contributed by atoms with Crippen LogP contribution in [0.5, 0.6) is 23.0 Å². The van der Waals surface area contributed by atoms with E-state index in [0.717, 1.165) is 0 Å². The summed E-state index contributed by atoms with van der Waals surface area (Å²) in [7, 11) is 0. The van der Waals surface area contributed by atoms with Gasteiger partial charge in [0, 0.05) is 45.8 Å². The predicted octanol–water partition coefficient (Wildman–Crippen LogP) is 10.2. The number of rotatable bonds is 12. The third kappa shape index (κ3) is 10.4. The first-order chi connectivity index (χ1) is 34.6. The Balaban J connectivity index is 1.48. The molecule has 0 atom stereocenters. The van der Waals surface area contributed by atoms with Gasteiger partial charge in [-0.1, -0.05) is 79.7 Å². The van der Waals surface area contributed by atoms with Gasteiger partial charge in [-0.25, -0.2) is 19.9 Å². The molecule has 0 fully saturated rings. The van der Waals surface area contributed by atoms with Gasteiger partial charge in [-0.2, -0.15) is 0 Å². The second-order valence-electron chi connectivity index (χ2n) is 19.5. The summed E-state index contributed by atoms with van der Waals surface area (Å²) < 4.78 is 25.3. The van der Waals surface area contributed by atoms with Gasteiger partial charge >= 0.3 is 0 Å². The van der Waals surface area contributed by atoms with Crippen molar-refractivity contribution in [1.29, 1.82) is 0 Å². The summed E-state index contributed by atoms with van der Waals surface area (Å²) >= 11 is 0. The molecule has 0 radical (unpaired) electrons. The Morgan fingerprint density at radius 3 is 0.750 bits per heavy atom. The van der Waals surface area contributed by atoms with Crippen molar-refractivity contribution >= 4 is 87.7 Å². The molecule has 5 heterocycles. The number of aromatic nitrogens is 8. The Labute approximate surface area is 412 Å². The van der Waals surface area contributed by atoms with Crippen molar-refractivity contribution in [2.75, 3.05) is 26.4 Å². The molecule has 0 aliphatic carbocycles. The van der Waals surface area contributed by atoms with Gasteiger partial charge in [0.2, 0.25) is 0 Å². The van der Waals surface area contributed by atoms with Gasteiger partial charge < -0.3 is 38.9 Å². The van der Waals surface area contributed by atoms with E-state index in [2.05, 4.69) is 19.9 Å². The number of aromatic amines is 4. The van der Waals surface area contributed by atoms with E-state index in [-0.39, 0.29) is 89.9 Å². The topological polar surface area (TPSA) is 220 Å². The molecule has 4 aromatic carbocycles. The van der Waals surface area contributed by atoms with Crippen molar-refractivity contribution in [2.24, 2.45) is 23.7 Å². The number of pyridine rings is 4. The van der Waals surface area contributed by atoms with Crippen molar-refractivity contribution in [3.05, 3.63) is 138 Å². The number of H-pyrrole nitrogens is 4. The number of nitrogens with zero attached hydrogens (tertiary/aromatic N) is 4. The van der Waals surface area contributed by atoms with Crippen molar-refractivity contribution in [2.45, 2.75) is 55.4 Å². The van der Waals surface area contributed by atoms with Crippen LogP contribution in [0.2, 0.25) is 0 Å². The third-order valence-electron chi connectivity index (χ3n) is 11.4. The third-order valence-corrected chi connectivity index (χ3v) is 11.4. The average molecular weight is 969 g/mol. The minimum absolute atomic E-state index is 0.0206. The lowest BCUT2D eigenvalue weighted by atomic mass is 10.1. The molecule has 16 heteroatoms. The molecular formula is C56H56N8O8. The zero-order valence-corrected chi connectivity index (χ0v) is 41.4. The molecule has 5 aromatic heterocycles. The summed E-state index contributed by atoms with van der Waals surface area (Å²) in [6, 6.07) is 27.2. The number of benzene rings is 4. The molecule has 16 nitrogen and oxygen atoms in total. The summed E-state index contributed by atoms with van der Waals surface area (Å²) in [5, 5.41) is 2.18. The molecule has 9 rings (SSSR count). The highest BCUT2D eigenvalue weighted by Crippen LogP contribution is 2.32. The first-order valence-corrected chi connectivity index (χ1v) is 24.1. The van der Waals surface area contributed by atoms with E-state index in [4.69, 9.17) is 38.9 Å². The molecule has 9 aromatic rings. The number of fused-ring (bicyclic) bond motifs is 4. The molecule has 8 bridgehead atoms. The smallest absolute Gasteiger partial charge is 0.274 e. The SMILES string of the molecule is CC(C)COc1cc2nc3c(cccc13)[nH]c(=O)c1cc(OCC(C)C)c3cccc([nH]c(=O)c4cc(OCC(C)C)c5cccc([nH]c(=O)c6cc(OCC(C)C)c7cccc([nH]c2=O)c7n6)c5n4)c3n1. The van der Waals surface area contributed by atoms with Crippen LogP contribution < -0.4 is 41.2 Å². The molecule has 0 spiro atoms. The van der Waals surface area contributed by atoms with E-state index in [9.17, 15) is 19.2 Å². The van der Waals surface area contributed by atoms with Crippen LogP contribution in [0, 0.1) is 23.7 Å². The van der Waals surface area contributed by atoms with E-state index in [1.54, 1.807) is 97.1 Å². The summed E-state index contributed by atoms with van der Waals surface area (Å²) in [6.45, 7) is 17.4. The largest absolute Gasteiger partial charge is 0.493 e. The lowest BCUT2D eigenvalue weighted by molar-refractivity contribution is 0.274. The Morgan fingerprint density at radius 1 is 0.347 bits per heavy atom. The van der Waals surface area contributed by atoms with E-state index < -0.39 is 22.2 Å². The summed E-state index contributed by atoms with van der Waals surface area (Å²) in [6.07, 6.45) is 0. The van der Waals surface area contributed by atoms with Gasteiger partial charge in [0.15, 0.2) is 0 Å². The molecule has 72 heavy (non-hydrogen) atoms. The molecular weight excluding hydrogens is 913 g/mol. The summed E-state index contributed by atoms with van der Waals surface area (Å²) in [5.74, 6) is 2.04. The van der Waals surface area contributed by atoms with Gasteiger partial charge in [0.05, 0.1) is 70.6 Å². The van der Waals surface area contributed by atoms with Crippen LogP contribution >= 0.6 is 0 Å². The molecule has 0 aliphatic rings. The second-order valence-corrected chi connectivity index (χ2v) is 19.5. The van der Waals surface area contributed by atoms with Crippen LogP contribution in [-0.2, 0) is 0 Å². The molecule has 368 valence electrons. The van der Waals surface area contributed by atoms with E-state index >= 15 is 0 Å². The van der Waals surface area contributed by atoms with Gasteiger partial charge in [-0.3, -0.25) is 19.2 Å². The predicted molar refractivity (Wildman–Crippen MR) is 286 cm³/mol. The highest BCUT2D eigenvalue weighted by molar-refractivity contribution is 6.01. The van der Waals surface area contributed by atoms with E-state index in [1.807, 2.05) is 55.4 Å². The van der Waals surface area contributed by atoms with Crippen molar-refractivity contribution in [1.82, 2.24) is 39.9 Å². The molecule has 0 unspecified atom stereocenters. The van der Waals surface area contributed by atoms with Crippen LogP contribution in [0.3, 0.4) is 0 Å². The first kappa shape index (κ1) is 48.6. The van der Waals surface area contributed by atoms with Crippen LogP contribution in [0.4, 0.5) is 0 Å². The van der Waals surface area contributed by atoms with E-state index in [1.165, 1.54) is 0 Å². The Kier molecular flexibility index (Phi) is 13.9. The zero-order chi connectivity index (χ0) is 50.8.